The summed E-state index contributed by atoms with van der Waals surface area (Å²) in [6, 6.07) is 11.9. The maximum Gasteiger partial charge on any atom is 0.335 e. The molecule has 2 N–H and O–H groups in total. The lowest BCUT2D eigenvalue weighted by Gasteiger charge is -2.20. The number of aromatic carboxylic acids is 1. The summed E-state index contributed by atoms with van der Waals surface area (Å²) >= 11 is 6.10. The molecular formula is C19H18ClNO3. The number of carboxylic acids is 1. The van der Waals surface area contributed by atoms with Crippen LogP contribution in [0.25, 0.3) is 0 Å². The van der Waals surface area contributed by atoms with Gasteiger partial charge in [-0.3, -0.25) is 4.79 Å². The molecule has 1 aliphatic carbocycles. The van der Waals surface area contributed by atoms with Gasteiger partial charge in [0.15, 0.2) is 0 Å². The molecule has 3 rings (SSSR count). The number of hydrogen-bond acceptors (Lipinski definition) is 2. The SMILES string of the molecule is O=C(O)c1ccc2c(c1)C(NC(=O)c1ccccc1Cl)CCCC2. The molecule has 0 radical (unpaired) electrons. The monoisotopic (exact) mass is 343 g/mol. The molecule has 0 bridgehead atoms. The average molecular weight is 344 g/mol. The summed E-state index contributed by atoms with van der Waals surface area (Å²) in [4.78, 5) is 23.8. The van der Waals surface area contributed by atoms with Crippen molar-refractivity contribution in [2.75, 3.05) is 0 Å². The van der Waals surface area contributed by atoms with E-state index in [0.717, 1.165) is 36.8 Å². The van der Waals surface area contributed by atoms with Gasteiger partial charge in [-0.25, -0.2) is 4.79 Å². The van der Waals surface area contributed by atoms with Crippen molar-refractivity contribution in [1.29, 1.82) is 0 Å². The van der Waals surface area contributed by atoms with Crippen LogP contribution in [0.2, 0.25) is 5.02 Å². The fraction of sp³-hybridized carbons (Fsp3) is 0.263. The minimum atomic E-state index is -0.960. The summed E-state index contributed by atoms with van der Waals surface area (Å²) < 4.78 is 0. The topological polar surface area (TPSA) is 66.4 Å². The molecule has 2 aromatic carbocycles. The average Bonchev–Trinajstić information content (AvgIpc) is 2.77. The molecule has 5 heteroatoms. The number of fused-ring (bicyclic) bond motifs is 1. The van der Waals surface area contributed by atoms with Crippen LogP contribution in [0.3, 0.4) is 0 Å². The molecule has 2 aromatic rings. The zero-order valence-corrected chi connectivity index (χ0v) is 13.8. The highest BCUT2D eigenvalue weighted by Gasteiger charge is 2.23. The fourth-order valence-electron chi connectivity index (χ4n) is 3.13. The van der Waals surface area contributed by atoms with Gasteiger partial charge in [0.1, 0.15) is 0 Å². The van der Waals surface area contributed by atoms with Gasteiger partial charge in [-0.05, 0) is 54.7 Å². The van der Waals surface area contributed by atoms with Crippen LogP contribution in [-0.2, 0) is 6.42 Å². The van der Waals surface area contributed by atoms with E-state index in [0.29, 0.717) is 10.6 Å². The molecule has 24 heavy (non-hydrogen) atoms. The van der Waals surface area contributed by atoms with E-state index in [1.54, 1.807) is 36.4 Å². The molecule has 1 unspecified atom stereocenters. The van der Waals surface area contributed by atoms with E-state index in [4.69, 9.17) is 11.6 Å². The Balaban J connectivity index is 1.91. The number of amides is 1. The lowest BCUT2D eigenvalue weighted by molar-refractivity contribution is 0.0696. The molecule has 1 aliphatic rings. The number of benzene rings is 2. The van der Waals surface area contributed by atoms with Crippen LogP contribution in [0.5, 0.6) is 0 Å². The number of carbonyl (C=O) groups is 2. The Hall–Kier alpha value is -2.33. The number of carbonyl (C=O) groups excluding carboxylic acids is 1. The highest BCUT2D eigenvalue weighted by atomic mass is 35.5. The minimum Gasteiger partial charge on any atom is -0.478 e. The molecule has 0 aromatic heterocycles. The van der Waals surface area contributed by atoms with Gasteiger partial charge in [-0.1, -0.05) is 36.2 Å². The molecule has 4 nitrogen and oxygen atoms in total. The molecule has 1 amide bonds. The molecule has 0 fully saturated rings. The summed E-state index contributed by atoms with van der Waals surface area (Å²) in [6.07, 6.45) is 3.68. The lowest BCUT2D eigenvalue weighted by Crippen LogP contribution is -2.29. The van der Waals surface area contributed by atoms with Crippen molar-refractivity contribution in [1.82, 2.24) is 5.32 Å². The zero-order valence-electron chi connectivity index (χ0n) is 13.1. The van der Waals surface area contributed by atoms with Crippen LogP contribution in [0, 0.1) is 0 Å². The van der Waals surface area contributed by atoms with E-state index in [2.05, 4.69) is 5.32 Å². The summed E-state index contributed by atoms with van der Waals surface area (Å²) in [5, 5.41) is 12.7. The Morgan fingerprint density at radius 2 is 1.92 bits per heavy atom. The van der Waals surface area contributed by atoms with Crippen molar-refractivity contribution in [3.8, 4) is 0 Å². The summed E-state index contributed by atoms with van der Waals surface area (Å²) in [5.74, 6) is -1.20. The van der Waals surface area contributed by atoms with Gasteiger partial charge in [0.25, 0.3) is 5.91 Å². The Morgan fingerprint density at radius 3 is 2.67 bits per heavy atom. The van der Waals surface area contributed by atoms with Crippen LogP contribution < -0.4 is 5.32 Å². The second kappa shape index (κ2) is 7.05. The molecule has 1 atom stereocenters. The summed E-state index contributed by atoms with van der Waals surface area (Å²) in [6.45, 7) is 0. The second-order valence-corrected chi connectivity index (χ2v) is 6.38. The smallest absolute Gasteiger partial charge is 0.335 e. The van der Waals surface area contributed by atoms with Crippen molar-refractivity contribution in [2.45, 2.75) is 31.7 Å². The van der Waals surface area contributed by atoms with Gasteiger partial charge in [0.2, 0.25) is 0 Å². The maximum absolute atomic E-state index is 12.6. The third kappa shape index (κ3) is 3.44. The van der Waals surface area contributed by atoms with Crippen LogP contribution >= 0.6 is 11.6 Å². The largest absolute Gasteiger partial charge is 0.478 e. The fourth-order valence-corrected chi connectivity index (χ4v) is 3.35. The predicted octanol–water partition coefficient (Wildman–Crippen LogP) is 4.24. The van der Waals surface area contributed by atoms with Crippen molar-refractivity contribution in [3.05, 3.63) is 69.7 Å². The van der Waals surface area contributed by atoms with Crippen LogP contribution in [0.1, 0.15) is 57.1 Å². The summed E-state index contributed by atoms with van der Waals surface area (Å²) in [7, 11) is 0. The maximum atomic E-state index is 12.6. The Labute approximate surface area is 145 Å². The van der Waals surface area contributed by atoms with Crippen LogP contribution in [-0.4, -0.2) is 17.0 Å². The highest BCUT2D eigenvalue weighted by molar-refractivity contribution is 6.33. The summed E-state index contributed by atoms with van der Waals surface area (Å²) in [5.41, 5.74) is 2.67. The van der Waals surface area contributed by atoms with E-state index in [1.165, 1.54) is 0 Å². The number of halogens is 1. The van der Waals surface area contributed by atoms with Gasteiger partial charge >= 0.3 is 5.97 Å². The van der Waals surface area contributed by atoms with E-state index in [9.17, 15) is 14.7 Å². The van der Waals surface area contributed by atoms with Gasteiger partial charge in [0.05, 0.1) is 22.2 Å². The van der Waals surface area contributed by atoms with Crippen molar-refractivity contribution in [2.24, 2.45) is 0 Å². The first-order chi connectivity index (χ1) is 11.6. The standard InChI is InChI=1S/C19H18ClNO3/c20-16-7-3-2-6-14(16)18(22)21-17-8-4-1-5-12-9-10-13(19(23)24)11-15(12)17/h2-3,6-7,9-11,17H,1,4-5,8H2,(H,21,22)(H,23,24). The van der Waals surface area contributed by atoms with E-state index < -0.39 is 5.97 Å². The highest BCUT2D eigenvalue weighted by Crippen LogP contribution is 2.30. The van der Waals surface area contributed by atoms with Crippen LogP contribution in [0.15, 0.2) is 42.5 Å². The van der Waals surface area contributed by atoms with E-state index >= 15 is 0 Å². The number of aryl methyl sites for hydroxylation is 1. The molecular weight excluding hydrogens is 326 g/mol. The van der Waals surface area contributed by atoms with Crippen molar-refractivity contribution >= 4 is 23.5 Å². The van der Waals surface area contributed by atoms with Gasteiger partial charge in [0, 0.05) is 0 Å². The third-order valence-electron chi connectivity index (χ3n) is 4.38. The zero-order chi connectivity index (χ0) is 17.1. The lowest BCUT2D eigenvalue weighted by atomic mass is 9.96. The molecule has 0 saturated heterocycles. The first-order valence-electron chi connectivity index (χ1n) is 7.98. The third-order valence-corrected chi connectivity index (χ3v) is 4.71. The quantitative estimate of drug-likeness (QED) is 0.819. The van der Waals surface area contributed by atoms with Gasteiger partial charge < -0.3 is 10.4 Å². The molecule has 124 valence electrons. The first-order valence-corrected chi connectivity index (χ1v) is 8.35. The molecule has 0 heterocycles. The Bertz CT molecular complexity index is 788. The normalized spacial score (nSPS) is 16.8. The Morgan fingerprint density at radius 1 is 1.12 bits per heavy atom. The number of carboxylic acid groups (broad SMARTS) is 1. The van der Waals surface area contributed by atoms with E-state index in [-0.39, 0.29) is 17.5 Å². The van der Waals surface area contributed by atoms with Crippen molar-refractivity contribution in [3.63, 3.8) is 0 Å². The van der Waals surface area contributed by atoms with E-state index in [1.807, 2.05) is 6.07 Å². The number of rotatable bonds is 3. The Kier molecular flexibility index (Phi) is 4.86. The van der Waals surface area contributed by atoms with Gasteiger partial charge in [-0.2, -0.15) is 0 Å². The second-order valence-electron chi connectivity index (χ2n) is 5.97. The van der Waals surface area contributed by atoms with Gasteiger partial charge in [-0.15, -0.1) is 0 Å². The molecule has 0 spiro atoms. The van der Waals surface area contributed by atoms with Crippen molar-refractivity contribution < 1.29 is 14.7 Å². The molecule has 0 saturated carbocycles. The molecule has 0 aliphatic heterocycles. The predicted molar refractivity (Wildman–Crippen MR) is 92.6 cm³/mol. The van der Waals surface area contributed by atoms with Crippen LogP contribution in [0.4, 0.5) is 0 Å². The number of nitrogens with one attached hydrogen (secondary N) is 1. The number of hydrogen-bond donors (Lipinski definition) is 2. The minimum absolute atomic E-state index is 0.203. The first kappa shape index (κ1) is 16.5.